The first-order chi connectivity index (χ1) is 13.0. The quantitative estimate of drug-likeness (QED) is 0.726. The third-order valence-corrected chi connectivity index (χ3v) is 5.83. The van der Waals surface area contributed by atoms with Gasteiger partial charge in [-0.3, -0.25) is 9.59 Å². The molecule has 1 aliphatic heterocycles. The maximum Gasteiger partial charge on any atom is 0.270 e. The fourth-order valence-corrected chi connectivity index (χ4v) is 3.94. The van der Waals surface area contributed by atoms with Crippen LogP contribution in [0.5, 0.6) is 0 Å². The number of aromatic nitrogens is 1. The van der Waals surface area contributed by atoms with E-state index in [-0.39, 0.29) is 17.7 Å². The van der Waals surface area contributed by atoms with Gasteiger partial charge in [0.05, 0.1) is 0 Å². The Morgan fingerprint density at radius 1 is 1.30 bits per heavy atom. The minimum absolute atomic E-state index is 0.00525. The average molecular weight is 390 g/mol. The van der Waals surface area contributed by atoms with Gasteiger partial charge in [0.25, 0.3) is 5.91 Å². The molecule has 1 fully saturated rings. The van der Waals surface area contributed by atoms with Gasteiger partial charge in [-0.05, 0) is 49.4 Å². The van der Waals surface area contributed by atoms with Crippen LogP contribution in [0.25, 0.3) is 10.9 Å². The van der Waals surface area contributed by atoms with Crippen LogP contribution in [0.1, 0.15) is 50.0 Å². The molecule has 2 aromatic rings. The zero-order chi connectivity index (χ0) is 19.4. The summed E-state index contributed by atoms with van der Waals surface area (Å²) in [4.78, 5) is 30.2. The number of likely N-dealkylation sites (tertiary alicyclic amines) is 1. The largest absolute Gasteiger partial charge is 0.356 e. The third-order valence-electron chi connectivity index (χ3n) is 5.59. The summed E-state index contributed by atoms with van der Waals surface area (Å²) >= 11 is 6.03. The summed E-state index contributed by atoms with van der Waals surface area (Å²) in [6.07, 6.45) is 3.82. The van der Waals surface area contributed by atoms with Gasteiger partial charge >= 0.3 is 0 Å². The Morgan fingerprint density at radius 3 is 2.74 bits per heavy atom. The van der Waals surface area contributed by atoms with Crippen LogP contribution >= 0.6 is 11.6 Å². The number of piperidine rings is 1. The average Bonchev–Trinajstić information content (AvgIpc) is 3.10. The van der Waals surface area contributed by atoms with Crippen molar-refractivity contribution >= 4 is 34.3 Å². The highest BCUT2D eigenvalue weighted by molar-refractivity contribution is 6.31. The van der Waals surface area contributed by atoms with E-state index in [0.29, 0.717) is 29.7 Å². The second-order valence-corrected chi connectivity index (χ2v) is 7.91. The maximum atomic E-state index is 12.8. The molecular formula is C21H28ClN3O2. The number of unbranched alkanes of at least 4 members (excludes halogenated alkanes) is 1. The van der Waals surface area contributed by atoms with Crippen molar-refractivity contribution in [1.29, 1.82) is 0 Å². The van der Waals surface area contributed by atoms with Crippen LogP contribution in [-0.2, 0) is 4.79 Å². The first-order valence-electron chi connectivity index (χ1n) is 9.85. The van der Waals surface area contributed by atoms with E-state index in [9.17, 15) is 9.59 Å². The first kappa shape index (κ1) is 19.7. The zero-order valence-corrected chi connectivity index (χ0v) is 16.8. The SMILES string of the molecule is CCCCNC(=O)C(C)C1CCN(C(=O)c2cc3cc(Cl)ccc3[nH]2)CC1. The van der Waals surface area contributed by atoms with Gasteiger partial charge < -0.3 is 15.2 Å². The number of aromatic amines is 1. The first-order valence-corrected chi connectivity index (χ1v) is 10.2. The molecule has 2 amide bonds. The molecule has 1 saturated heterocycles. The van der Waals surface area contributed by atoms with E-state index in [1.54, 1.807) is 0 Å². The van der Waals surface area contributed by atoms with Crippen LogP contribution in [0, 0.1) is 11.8 Å². The summed E-state index contributed by atoms with van der Waals surface area (Å²) < 4.78 is 0. The molecule has 2 heterocycles. The Hall–Kier alpha value is -2.01. The highest BCUT2D eigenvalue weighted by Gasteiger charge is 2.30. The highest BCUT2D eigenvalue weighted by atomic mass is 35.5. The standard InChI is InChI=1S/C21H28ClN3O2/c1-3-4-9-23-20(26)14(2)15-7-10-25(11-8-15)21(27)19-13-16-12-17(22)5-6-18(16)24-19/h5-6,12-15,24H,3-4,7-11H2,1-2H3,(H,23,26). The molecule has 1 unspecified atom stereocenters. The number of halogens is 1. The third kappa shape index (κ3) is 4.64. The summed E-state index contributed by atoms with van der Waals surface area (Å²) in [5, 5.41) is 4.63. The fourth-order valence-electron chi connectivity index (χ4n) is 3.76. The lowest BCUT2D eigenvalue weighted by molar-refractivity contribution is -0.126. The van der Waals surface area contributed by atoms with Crippen LogP contribution in [0.2, 0.25) is 5.02 Å². The molecule has 5 nitrogen and oxygen atoms in total. The van der Waals surface area contributed by atoms with Crippen LogP contribution < -0.4 is 5.32 Å². The molecule has 3 rings (SSSR count). The van der Waals surface area contributed by atoms with E-state index in [4.69, 9.17) is 11.6 Å². The predicted octanol–water partition coefficient (Wildman–Crippen LogP) is 4.23. The molecule has 6 heteroatoms. The van der Waals surface area contributed by atoms with Crippen molar-refractivity contribution in [1.82, 2.24) is 15.2 Å². The molecule has 1 atom stereocenters. The smallest absolute Gasteiger partial charge is 0.270 e. The summed E-state index contributed by atoms with van der Waals surface area (Å²) in [6.45, 7) is 6.24. The molecular weight excluding hydrogens is 362 g/mol. The molecule has 0 spiro atoms. The van der Waals surface area contributed by atoms with Gasteiger partial charge in [0, 0.05) is 41.5 Å². The minimum Gasteiger partial charge on any atom is -0.356 e. The second-order valence-electron chi connectivity index (χ2n) is 7.48. The lowest BCUT2D eigenvalue weighted by atomic mass is 9.84. The van der Waals surface area contributed by atoms with Crippen molar-refractivity contribution < 1.29 is 9.59 Å². The molecule has 0 radical (unpaired) electrons. The van der Waals surface area contributed by atoms with E-state index in [1.807, 2.05) is 36.1 Å². The Balaban J connectivity index is 1.56. The molecule has 1 aromatic heterocycles. The summed E-state index contributed by atoms with van der Waals surface area (Å²) in [5.41, 5.74) is 1.51. The monoisotopic (exact) mass is 389 g/mol. The van der Waals surface area contributed by atoms with Crippen molar-refractivity contribution in [3.8, 4) is 0 Å². The van der Waals surface area contributed by atoms with Crippen molar-refractivity contribution in [2.24, 2.45) is 11.8 Å². The van der Waals surface area contributed by atoms with Gasteiger partial charge in [-0.15, -0.1) is 0 Å². The topological polar surface area (TPSA) is 65.2 Å². The number of fused-ring (bicyclic) bond motifs is 1. The molecule has 1 aromatic carbocycles. The minimum atomic E-state index is -0.00525. The van der Waals surface area contributed by atoms with Crippen molar-refractivity contribution in [3.63, 3.8) is 0 Å². The number of rotatable bonds is 6. The number of hydrogen-bond donors (Lipinski definition) is 2. The van der Waals surface area contributed by atoms with Gasteiger partial charge in [0.1, 0.15) is 5.69 Å². The van der Waals surface area contributed by atoms with Crippen molar-refractivity contribution in [2.45, 2.75) is 39.5 Å². The van der Waals surface area contributed by atoms with Crippen molar-refractivity contribution in [2.75, 3.05) is 19.6 Å². The highest BCUT2D eigenvalue weighted by Crippen LogP contribution is 2.27. The maximum absolute atomic E-state index is 12.8. The van der Waals surface area contributed by atoms with E-state index in [0.717, 1.165) is 43.1 Å². The van der Waals surface area contributed by atoms with Crippen LogP contribution in [-0.4, -0.2) is 41.3 Å². The fraction of sp³-hybridized carbons (Fsp3) is 0.524. The number of nitrogens with one attached hydrogen (secondary N) is 2. The molecule has 146 valence electrons. The Morgan fingerprint density at radius 2 is 2.04 bits per heavy atom. The van der Waals surface area contributed by atoms with Crippen LogP contribution in [0.15, 0.2) is 24.3 Å². The number of H-pyrrole nitrogens is 1. The number of carbonyl (C=O) groups excluding carboxylic acids is 2. The van der Waals surface area contributed by atoms with Crippen LogP contribution in [0.3, 0.4) is 0 Å². The zero-order valence-electron chi connectivity index (χ0n) is 16.1. The normalized spacial score (nSPS) is 16.5. The number of benzene rings is 1. The molecule has 27 heavy (non-hydrogen) atoms. The Kier molecular flexibility index (Phi) is 6.42. The van der Waals surface area contributed by atoms with E-state index in [1.165, 1.54) is 0 Å². The lowest BCUT2D eigenvalue weighted by Crippen LogP contribution is -2.42. The molecule has 0 saturated carbocycles. The summed E-state index contributed by atoms with van der Waals surface area (Å²) in [6, 6.07) is 7.42. The Bertz CT molecular complexity index is 809. The van der Waals surface area contributed by atoms with Gasteiger partial charge in [-0.1, -0.05) is 31.9 Å². The van der Waals surface area contributed by atoms with E-state index < -0.39 is 0 Å². The van der Waals surface area contributed by atoms with E-state index >= 15 is 0 Å². The molecule has 1 aliphatic rings. The number of hydrogen-bond acceptors (Lipinski definition) is 2. The molecule has 0 bridgehead atoms. The van der Waals surface area contributed by atoms with Gasteiger partial charge in [0.2, 0.25) is 5.91 Å². The van der Waals surface area contributed by atoms with Gasteiger partial charge in [0.15, 0.2) is 0 Å². The molecule has 0 aliphatic carbocycles. The summed E-state index contributed by atoms with van der Waals surface area (Å²) in [5.74, 6) is 0.480. The van der Waals surface area contributed by atoms with Gasteiger partial charge in [-0.25, -0.2) is 0 Å². The summed E-state index contributed by atoms with van der Waals surface area (Å²) in [7, 11) is 0. The number of carbonyl (C=O) groups is 2. The van der Waals surface area contributed by atoms with Crippen LogP contribution in [0.4, 0.5) is 0 Å². The number of amides is 2. The lowest BCUT2D eigenvalue weighted by Gasteiger charge is -2.34. The van der Waals surface area contributed by atoms with E-state index in [2.05, 4.69) is 17.2 Å². The van der Waals surface area contributed by atoms with Gasteiger partial charge in [-0.2, -0.15) is 0 Å². The second kappa shape index (κ2) is 8.79. The Labute approximate surface area is 165 Å². The number of nitrogens with zero attached hydrogens (tertiary/aromatic N) is 1. The van der Waals surface area contributed by atoms with Crippen molar-refractivity contribution in [3.05, 3.63) is 35.0 Å². The molecule has 2 N–H and O–H groups in total. The predicted molar refractivity (Wildman–Crippen MR) is 109 cm³/mol.